The van der Waals surface area contributed by atoms with Crippen molar-refractivity contribution in [3.63, 3.8) is 0 Å². The first-order valence-corrected chi connectivity index (χ1v) is 11.4. The molecule has 0 saturated carbocycles. The molecule has 0 fully saturated rings. The van der Waals surface area contributed by atoms with Crippen molar-refractivity contribution in [2.24, 2.45) is 0 Å². The number of ether oxygens (including phenoxy) is 2. The van der Waals surface area contributed by atoms with Crippen molar-refractivity contribution in [1.29, 1.82) is 0 Å². The van der Waals surface area contributed by atoms with Gasteiger partial charge in [-0.3, -0.25) is 9.78 Å². The van der Waals surface area contributed by atoms with Crippen LogP contribution >= 0.6 is 0 Å². The van der Waals surface area contributed by atoms with Gasteiger partial charge in [0.1, 0.15) is 6.61 Å². The van der Waals surface area contributed by atoms with Crippen molar-refractivity contribution in [2.45, 2.75) is 103 Å². The highest BCUT2D eigenvalue weighted by Crippen LogP contribution is 2.11. The van der Waals surface area contributed by atoms with E-state index in [9.17, 15) is 4.79 Å². The van der Waals surface area contributed by atoms with E-state index in [-0.39, 0.29) is 5.97 Å². The lowest BCUT2D eigenvalue weighted by molar-refractivity contribution is -0.145. The Kier molecular flexibility index (Phi) is 16.0. The van der Waals surface area contributed by atoms with E-state index in [0.29, 0.717) is 19.1 Å². The van der Waals surface area contributed by atoms with Crippen molar-refractivity contribution in [3.8, 4) is 0 Å². The maximum Gasteiger partial charge on any atom is 0.306 e. The van der Waals surface area contributed by atoms with Crippen LogP contribution in [0, 0.1) is 0 Å². The average Bonchev–Trinajstić information content (AvgIpc) is 2.75. The van der Waals surface area contributed by atoms with Crippen molar-refractivity contribution in [2.75, 3.05) is 7.11 Å². The highest BCUT2D eigenvalue weighted by molar-refractivity contribution is 5.69. The van der Waals surface area contributed by atoms with E-state index in [1.807, 2.05) is 12.1 Å². The standard InChI is InChI=1S/C25H41NO3/c1-23(28-2)17-14-12-10-8-6-4-3-5-7-9-11-13-15-19-25(27)29-22-24-18-16-20-26-21-24/h3-4,16,18,20-21,23H,5-15,17,19,22H2,1-2H3/b4-3-. The van der Waals surface area contributed by atoms with E-state index in [4.69, 9.17) is 9.47 Å². The Morgan fingerprint density at radius 2 is 1.66 bits per heavy atom. The summed E-state index contributed by atoms with van der Waals surface area (Å²) in [4.78, 5) is 15.7. The molecule has 0 amide bonds. The molecule has 1 aromatic heterocycles. The predicted molar refractivity (Wildman–Crippen MR) is 120 cm³/mol. The predicted octanol–water partition coefficient (Wildman–Crippen LogP) is 6.79. The van der Waals surface area contributed by atoms with Gasteiger partial charge < -0.3 is 9.47 Å². The van der Waals surface area contributed by atoms with Crippen molar-refractivity contribution >= 4 is 5.97 Å². The summed E-state index contributed by atoms with van der Waals surface area (Å²) in [7, 11) is 1.79. The molecule has 0 spiro atoms. The first-order chi connectivity index (χ1) is 14.2. The molecule has 4 heteroatoms. The van der Waals surface area contributed by atoms with Gasteiger partial charge in [0, 0.05) is 31.5 Å². The number of pyridine rings is 1. The number of carbonyl (C=O) groups excluding carboxylic acids is 1. The molecule has 4 nitrogen and oxygen atoms in total. The largest absolute Gasteiger partial charge is 0.461 e. The molecule has 0 aromatic carbocycles. The van der Waals surface area contributed by atoms with Crippen LogP contribution in [0.3, 0.4) is 0 Å². The minimum atomic E-state index is -0.106. The summed E-state index contributed by atoms with van der Waals surface area (Å²) in [5.74, 6) is -0.106. The lowest BCUT2D eigenvalue weighted by Gasteiger charge is -2.07. The van der Waals surface area contributed by atoms with Crippen molar-refractivity contribution < 1.29 is 14.3 Å². The Morgan fingerprint density at radius 3 is 2.31 bits per heavy atom. The molecule has 0 bridgehead atoms. The highest BCUT2D eigenvalue weighted by atomic mass is 16.5. The number of unbranched alkanes of at least 4 members (excludes halogenated alkanes) is 9. The third-order valence-electron chi connectivity index (χ3n) is 5.17. The molecule has 1 atom stereocenters. The summed E-state index contributed by atoms with van der Waals surface area (Å²) in [6, 6.07) is 3.77. The van der Waals surface area contributed by atoms with Gasteiger partial charge in [0.25, 0.3) is 0 Å². The van der Waals surface area contributed by atoms with Gasteiger partial charge in [0.2, 0.25) is 0 Å². The van der Waals surface area contributed by atoms with Crippen molar-refractivity contribution in [1.82, 2.24) is 4.98 Å². The quantitative estimate of drug-likeness (QED) is 0.154. The van der Waals surface area contributed by atoms with Gasteiger partial charge in [-0.25, -0.2) is 0 Å². The molecule has 0 N–H and O–H groups in total. The molecule has 29 heavy (non-hydrogen) atoms. The Balaban J connectivity index is 1.81. The molecule has 164 valence electrons. The number of aromatic nitrogens is 1. The molecule has 0 aliphatic carbocycles. The SMILES string of the molecule is COC(C)CCCCCC/C=C\CCCCCCCC(=O)OCc1cccnc1. The molecule has 1 unspecified atom stereocenters. The third-order valence-corrected chi connectivity index (χ3v) is 5.17. The minimum Gasteiger partial charge on any atom is -0.461 e. The van der Waals surface area contributed by atoms with E-state index in [0.717, 1.165) is 18.4 Å². The zero-order valence-electron chi connectivity index (χ0n) is 18.6. The fourth-order valence-electron chi connectivity index (χ4n) is 3.18. The number of carbonyl (C=O) groups is 1. The number of methoxy groups -OCH3 is 1. The first kappa shape index (κ1) is 25.4. The zero-order valence-corrected chi connectivity index (χ0v) is 18.6. The van der Waals surface area contributed by atoms with Crippen LogP contribution in [0.4, 0.5) is 0 Å². The van der Waals surface area contributed by atoms with E-state index in [1.165, 1.54) is 64.2 Å². The lowest BCUT2D eigenvalue weighted by atomic mass is 10.1. The van der Waals surface area contributed by atoms with Crippen LogP contribution in [0.1, 0.15) is 96.0 Å². The number of nitrogens with zero attached hydrogens (tertiary/aromatic N) is 1. The number of hydrogen-bond donors (Lipinski definition) is 0. The summed E-state index contributed by atoms with van der Waals surface area (Å²) in [6.45, 7) is 2.47. The second kappa shape index (κ2) is 18.4. The van der Waals surface area contributed by atoms with E-state index in [2.05, 4.69) is 24.1 Å². The monoisotopic (exact) mass is 403 g/mol. The van der Waals surface area contributed by atoms with Crippen LogP contribution in [0.5, 0.6) is 0 Å². The van der Waals surface area contributed by atoms with Gasteiger partial charge >= 0.3 is 5.97 Å². The topological polar surface area (TPSA) is 48.4 Å². The fourth-order valence-corrected chi connectivity index (χ4v) is 3.18. The molecule has 0 saturated heterocycles. The fraction of sp³-hybridized carbons (Fsp3) is 0.680. The van der Waals surface area contributed by atoms with Gasteiger partial charge in [-0.2, -0.15) is 0 Å². The van der Waals surface area contributed by atoms with E-state index < -0.39 is 0 Å². The summed E-state index contributed by atoms with van der Waals surface area (Å²) in [5, 5.41) is 0. The average molecular weight is 404 g/mol. The summed E-state index contributed by atoms with van der Waals surface area (Å²) in [6.07, 6.45) is 23.6. The number of allylic oxidation sites excluding steroid dienone is 2. The Bertz CT molecular complexity index is 530. The van der Waals surface area contributed by atoms with E-state index >= 15 is 0 Å². The van der Waals surface area contributed by atoms with Crippen LogP contribution in [0.2, 0.25) is 0 Å². The molecule has 1 heterocycles. The second-order valence-corrected chi connectivity index (χ2v) is 7.84. The normalized spacial score (nSPS) is 12.3. The summed E-state index contributed by atoms with van der Waals surface area (Å²) >= 11 is 0. The van der Waals surface area contributed by atoms with Crippen molar-refractivity contribution in [3.05, 3.63) is 42.2 Å². The zero-order chi connectivity index (χ0) is 21.0. The molecule has 0 aliphatic heterocycles. The third kappa shape index (κ3) is 15.9. The molecular formula is C25H41NO3. The van der Waals surface area contributed by atoms with Crippen LogP contribution in [-0.2, 0) is 20.9 Å². The van der Waals surface area contributed by atoms with Crippen LogP contribution < -0.4 is 0 Å². The Morgan fingerprint density at radius 1 is 1.00 bits per heavy atom. The second-order valence-electron chi connectivity index (χ2n) is 7.84. The summed E-state index contributed by atoms with van der Waals surface area (Å²) in [5.41, 5.74) is 0.936. The summed E-state index contributed by atoms with van der Waals surface area (Å²) < 4.78 is 10.5. The van der Waals surface area contributed by atoms with Gasteiger partial charge in [0.15, 0.2) is 0 Å². The number of esters is 1. The smallest absolute Gasteiger partial charge is 0.306 e. The molecule has 0 radical (unpaired) electrons. The number of rotatable bonds is 18. The van der Waals surface area contributed by atoms with Crippen LogP contribution in [-0.4, -0.2) is 24.2 Å². The Hall–Kier alpha value is -1.68. The van der Waals surface area contributed by atoms with Crippen LogP contribution in [0.25, 0.3) is 0 Å². The van der Waals surface area contributed by atoms with Crippen LogP contribution in [0.15, 0.2) is 36.7 Å². The highest BCUT2D eigenvalue weighted by Gasteiger charge is 2.03. The first-order valence-electron chi connectivity index (χ1n) is 11.4. The molecule has 0 aliphatic rings. The lowest BCUT2D eigenvalue weighted by Crippen LogP contribution is -2.04. The van der Waals surface area contributed by atoms with Gasteiger partial charge in [-0.1, -0.05) is 56.7 Å². The maximum atomic E-state index is 11.7. The van der Waals surface area contributed by atoms with Gasteiger partial charge in [-0.05, 0) is 51.5 Å². The van der Waals surface area contributed by atoms with E-state index in [1.54, 1.807) is 19.5 Å². The van der Waals surface area contributed by atoms with Gasteiger partial charge in [0.05, 0.1) is 6.10 Å². The molecule has 1 rings (SSSR count). The minimum absolute atomic E-state index is 0.106. The Labute approximate surface area is 178 Å². The maximum absolute atomic E-state index is 11.7. The molecular weight excluding hydrogens is 362 g/mol. The molecule has 1 aromatic rings. The number of hydrogen-bond acceptors (Lipinski definition) is 4. The van der Waals surface area contributed by atoms with Gasteiger partial charge in [-0.15, -0.1) is 0 Å².